The van der Waals surface area contributed by atoms with Gasteiger partial charge in [0.25, 0.3) is 5.56 Å². The van der Waals surface area contributed by atoms with Crippen molar-refractivity contribution in [2.45, 2.75) is 26.3 Å². The van der Waals surface area contributed by atoms with Gasteiger partial charge in [-0.05, 0) is 43.5 Å². The van der Waals surface area contributed by atoms with Gasteiger partial charge in [-0.2, -0.15) is 0 Å². The average Bonchev–Trinajstić information content (AvgIpc) is 2.56. The third-order valence-electron chi connectivity index (χ3n) is 4.23. The molecule has 0 aliphatic heterocycles. The van der Waals surface area contributed by atoms with Crippen molar-refractivity contribution in [3.8, 4) is 5.75 Å². The number of hydrogen-bond acceptors (Lipinski definition) is 3. The van der Waals surface area contributed by atoms with Gasteiger partial charge < -0.3 is 14.8 Å². The smallest absolute Gasteiger partial charge is 0.345 e. The lowest BCUT2D eigenvalue weighted by molar-refractivity contribution is 0.0691. The van der Waals surface area contributed by atoms with E-state index in [1.165, 1.54) is 4.57 Å². The first-order valence-electron chi connectivity index (χ1n) is 8.07. The molecule has 2 aromatic carbocycles. The fourth-order valence-electron chi connectivity index (χ4n) is 3.10. The van der Waals surface area contributed by atoms with E-state index >= 15 is 0 Å². The van der Waals surface area contributed by atoms with Gasteiger partial charge in [-0.25, -0.2) is 4.79 Å². The minimum Gasteiger partial charge on any atom is -0.506 e. The number of pyridine rings is 1. The lowest BCUT2D eigenvalue weighted by Crippen LogP contribution is -2.28. The average molecular weight is 337 g/mol. The Labute approximate surface area is 144 Å². The zero-order chi connectivity index (χ0) is 18.1. The number of rotatable bonds is 4. The van der Waals surface area contributed by atoms with Crippen LogP contribution in [0.15, 0.2) is 53.3 Å². The Morgan fingerprint density at radius 3 is 2.36 bits per heavy atom. The highest BCUT2D eigenvalue weighted by Crippen LogP contribution is 2.29. The van der Waals surface area contributed by atoms with E-state index in [9.17, 15) is 19.8 Å². The van der Waals surface area contributed by atoms with Crippen LogP contribution < -0.4 is 5.56 Å². The maximum Gasteiger partial charge on any atom is 0.345 e. The van der Waals surface area contributed by atoms with Crippen molar-refractivity contribution in [3.63, 3.8) is 0 Å². The number of carboxylic acid groups (broad SMARTS) is 1. The number of carboxylic acids is 1. The Hall–Kier alpha value is -3.08. The van der Waals surface area contributed by atoms with Crippen LogP contribution in [0.5, 0.6) is 5.75 Å². The summed E-state index contributed by atoms with van der Waals surface area (Å²) in [6.07, 6.45) is 0.652. The van der Waals surface area contributed by atoms with Crippen molar-refractivity contribution in [2.75, 3.05) is 0 Å². The molecule has 0 bridgehead atoms. The summed E-state index contributed by atoms with van der Waals surface area (Å²) in [7, 11) is 0. The van der Waals surface area contributed by atoms with E-state index in [2.05, 4.69) is 0 Å². The van der Waals surface area contributed by atoms with Crippen LogP contribution in [0.1, 0.15) is 41.4 Å². The number of aromatic nitrogens is 1. The summed E-state index contributed by atoms with van der Waals surface area (Å²) < 4.78 is 1.41. The number of aromatic carboxylic acids is 1. The largest absolute Gasteiger partial charge is 0.506 e. The summed E-state index contributed by atoms with van der Waals surface area (Å²) in [6, 6.07) is 15.0. The summed E-state index contributed by atoms with van der Waals surface area (Å²) >= 11 is 0. The molecule has 0 spiro atoms. The highest BCUT2D eigenvalue weighted by atomic mass is 16.4. The van der Waals surface area contributed by atoms with Crippen LogP contribution in [-0.2, 0) is 6.42 Å². The third kappa shape index (κ3) is 3.01. The van der Waals surface area contributed by atoms with Gasteiger partial charge in [0, 0.05) is 11.4 Å². The molecule has 0 fully saturated rings. The Balaban J connectivity index is 2.25. The summed E-state index contributed by atoms with van der Waals surface area (Å²) in [5.74, 6) is -1.90. The number of nitrogens with zero attached hydrogens (tertiary/aromatic N) is 1. The topological polar surface area (TPSA) is 79.5 Å². The Morgan fingerprint density at radius 2 is 1.76 bits per heavy atom. The molecule has 0 saturated carbocycles. The van der Waals surface area contributed by atoms with E-state index in [1.54, 1.807) is 26.0 Å². The van der Waals surface area contributed by atoms with Crippen molar-refractivity contribution in [1.82, 2.24) is 4.57 Å². The first-order chi connectivity index (χ1) is 11.9. The molecular weight excluding hydrogens is 318 g/mol. The molecule has 0 aliphatic rings. The summed E-state index contributed by atoms with van der Waals surface area (Å²) in [5.41, 5.74) is 1.29. The Bertz CT molecular complexity index is 1000. The van der Waals surface area contributed by atoms with E-state index in [0.717, 1.165) is 11.1 Å². The molecular formula is C20H19NO4. The molecule has 5 heteroatoms. The van der Waals surface area contributed by atoms with Crippen molar-refractivity contribution >= 4 is 16.9 Å². The third-order valence-corrected chi connectivity index (χ3v) is 4.23. The normalized spacial score (nSPS) is 11.2. The molecule has 0 aliphatic carbocycles. The second-order valence-electron chi connectivity index (χ2n) is 6.31. The lowest BCUT2D eigenvalue weighted by atomic mass is 10.0. The van der Waals surface area contributed by atoms with Gasteiger partial charge in [-0.3, -0.25) is 4.79 Å². The fourth-order valence-corrected chi connectivity index (χ4v) is 3.10. The fraction of sp³-hybridized carbons (Fsp3) is 0.200. The van der Waals surface area contributed by atoms with Crippen LogP contribution in [0, 0.1) is 0 Å². The highest BCUT2D eigenvalue weighted by Gasteiger charge is 2.22. The molecule has 128 valence electrons. The van der Waals surface area contributed by atoms with Crippen molar-refractivity contribution in [3.05, 3.63) is 75.6 Å². The minimum atomic E-state index is -1.42. The van der Waals surface area contributed by atoms with Crippen LogP contribution >= 0.6 is 0 Å². The maximum atomic E-state index is 12.5. The van der Waals surface area contributed by atoms with Gasteiger partial charge in [0.15, 0.2) is 5.56 Å². The zero-order valence-electron chi connectivity index (χ0n) is 14.1. The number of fused-ring (bicyclic) bond motifs is 1. The quantitative estimate of drug-likeness (QED) is 0.763. The molecule has 25 heavy (non-hydrogen) atoms. The van der Waals surface area contributed by atoms with Crippen LogP contribution in [0.2, 0.25) is 0 Å². The van der Waals surface area contributed by atoms with Gasteiger partial charge in [0.05, 0.1) is 5.52 Å². The molecule has 1 aromatic heterocycles. The second kappa shape index (κ2) is 6.43. The Kier molecular flexibility index (Phi) is 4.31. The monoisotopic (exact) mass is 337 g/mol. The SMILES string of the molecule is CC(C)n1c(=O)c(C(=O)O)c(O)c2cc(Cc3ccccc3)ccc21. The molecule has 1 heterocycles. The summed E-state index contributed by atoms with van der Waals surface area (Å²) in [5, 5.41) is 20.1. The minimum absolute atomic E-state index is 0.228. The van der Waals surface area contributed by atoms with Crippen LogP contribution in [0.3, 0.4) is 0 Å². The molecule has 3 rings (SSSR count). The van der Waals surface area contributed by atoms with E-state index in [0.29, 0.717) is 17.3 Å². The Morgan fingerprint density at radius 1 is 1.08 bits per heavy atom. The first kappa shape index (κ1) is 16.8. The molecule has 0 saturated heterocycles. The molecule has 3 aromatic rings. The van der Waals surface area contributed by atoms with E-state index < -0.39 is 22.8 Å². The van der Waals surface area contributed by atoms with Crippen LogP contribution in [0.4, 0.5) is 0 Å². The number of carbonyl (C=O) groups is 1. The second-order valence-corrected chi connectivity index (χ2v) is 6.31. The molecule has 0 radical (unpaired) electrons. The van der Waals surface area contributed by atoms with Gasteiger partial charge in [-0.15, -0.1) is 0 Å². The lowest BCUT2D eigenvalue weighted by Gasteiger charge is -2.17. The van der Waals surface area contributed by atoms with Crippen molar-refractivity contribution in [1.29, 1.82) is 0 Å². The molecule has 0 amide bonds. The standard InChI is InChI=1S/C20H19NO4/c1-12(2)21-16-9-8-14(10-13-6-4-3-5-7-13)11-15(16)18(22)17(19(21)23)20(24)25/h3-9,11-12,22H,10H2,1-2H3,(H,24,25). The predicted octanol–water partition coefficient (Wildman–Crippen LogP) is 3.58. The van der Waals surface area contributed by atoms with Gasteiger partial charge in [-0.1, -0.05) is 36.4 Å². The highest BCUT2D eigenvalue weighted by molar-refractivity contribution is 5.98. The molecule has 2 N–H and O–H groups in total. The summed E-state index contributed by atoms with van der Waals surface area (Å²) in [6.45, 7) is 3.61. The zero-order valence-corrected chi connectivity index (χ0v) is 14.1. The number of benzene rings is 2. The summed E-state index contributed by atoms with van der Waals surface area (Å²) in [4.78, 5) is 23.9. The van der Waals surface area contributed by atoms with Crippen molar-refractivity contribution in [2.24, 2.45) is 0 Å². The number of hydrogen-bond donors (Lipinski definition) is 2. The van der Waals surface area contributed by atoms with Gasteiger partial charge in [0.2, 0.25) is 0 Å². The van der Waals surface area contributed by atoms with Crippen LogP contribution in [0.25, 0.3) is 10.9 Å². The first-order valence-corrected chi connectivity index (χ1v) is 8.07. The van der Waals surface area contributed by atoms with Crippen LogP contribution in [-0.4, -0.2) is 20.7 Å². The van der Waals surface area contributed by atoms with E-state index in [1.807, 2.05) is 36.4 Å². The van der Waals surface area contributed by atoms with Crippen molar-refractivity contribution < 1.29 is 15.0 Å². The van der Waals surface area contributed by atoms with Gasteiger partial charge >= 0.3 is 5.97 Å². The number of aromatic hydroxyl groups is 1. The molecule has 0 unspecified atom stereocenters. The molecule has 0 atom stereocenters. The maximum absolute atomic E-state index is 12.5. The predicted molar refractivity (Wildman–Crippen MR) is 96.5 cm³/mol. The van der Waals surface area contributed by atoms with Gasteiger partial charge in [0.1, 0.15) is 5.75 Å². The van der Waals surface area contributed by atoms with E-state index in [-0.39, 0.29) is 6.04 Å². The van der Waals surface area contributed by atoms with E-state index in [4.69, 9.17) is 0 Å². The molecule has 5 nitrogen and oxygen atoms in total.